The van der Waals surface area contributed by atoms with Crippen molar-refractivity contribution >= 4 is 23.2 Å². The Morgan fingerprint density at radius 1 is 1.47 bits per heavy atom. The first-order valence-corrected chi connectivity index (χ1v) is 6.69. The fourth-order valence-electron chi connectivity index (χ4n) is 1.73. The van der Waals surface area contributed by atoms with Gasteiger partial charge in [-0.25, -0.2) is 0 Å². The fourth-order valence-corrected chi connectivity index (χ4v) is 1.92. The number of halogens is 1. The average molecular weight is 285 g/mol. The minimum atomic E-state index is -0.103. The highest BCUT2D eigenvalue weighted by Gasteiger charge is 2.11. The van der Waals surface area contributed by atoms with Gasteiger partial charge >= 0.3 is 0 Å². The smallest absolute Gasteiger partial charge is 0.239 e. The zero-order chi connectivity index (χ0) is 14.4. The first-order valence-electron chi connectivity index (χ1n) is 6.31. The van der Waals surface area contributed by atoms with Crippen LogP contribution in [0.5, 0.6) is 0 Å². The summed E-state index contributed by atoms with van der Waals surface area (Å²) < 4.78 is 0. The Balaban J connectivity index is 2.67. The third-order valence-electron chi connectivity index (χ3n) is 2.71. The molecular formula is C14H21ClN2O2. The van der Waals surface area contributed by atoms with Gasteiger partial charge in [0.2, 0.25) is 5.91 Å². The van der Waals surface area contributed by atoms with Crippen LogP contribution in [0, 0.1) is 5.92 Å². The normalized spacial score (nSPS) is 10.6. The van der Waals surface area contributed by atoms with E-state index in [1.54, 1.807) is 17.0 Å². The maximum atomic E-state index is 11.8. The maximum absolute atomic E-state index is 11.8. The standard InChI is InChI=1S/C14H21ClN2O2/c1-10(2)7-16-14(19)8-17(3)13-5-4-12(15)6-11(13)9-18/h4-6,10,18H,7-9H2,1-3H3,(H,16,19). The van der Waals surface area contributed by atoms with Crippen LogP contribution in [0.2, 0.25) is 5.02 Å². The van der Waals surface area contributed by atoms with Crippen LogP contribution in [0.15, 0.2) is 18.2 Å². The second kappa shape index (κ2) is 7.36. The summed E-state index contributed by atoms with van der Waals surface area (Å²) >= 11 is 5.88. The molecule has 0 spiro atoms. The molecule has 0 fully saturated rings. The molecule has 0 aliphatic carbocycles. The Kier molecular flexibility index (Phi) is 6.12. The predicted octanol–water partition coefficient (Wildman–Crippen LogP) is 2.04. The van der Waals surface area contributed by atoms with Crippen molar-refractivity contribution in [2.24, 2.45) is 5.92 Å². The van der Waals surface area contributed by atoms with Gasteiger partial charge in [-0.15, -0.1) is 0 Å². The number of likely N-dealkylation sites (N-methyl/N-ethyl adjacent to an activating group) is 1. The molecular weight excluding hydrogens is 264 g/mol. The Morgan fingerprint density at radius 3 is 2.74 bits per heavy atom. The van der Waals surface area contributed by atoms with Crippen LogP contribution in [-0.4, -0.2) is 31.2 Å². The third-order valence-corrected chi connectivity index (χ3v) is 2.95. The van der Waals surface area contributed by atoms with E-state index in [1.165, 1.54) is 0 Å². The Bertz CT molecular complexity index is 435. The van der Waals surface area contributed by atoms with Crippen molar-refractivity contribution in [3.63, 3.8) is 0 Å². The van der Waals surface area contributed by atoms with Crippen molar-refractivity contribution in [3.05, 3.63) is 28.8 Å². The van der Waals surface area contributed by atoms with E-state index < -0.39 is 0 Å². The monoisotopic (exact) mass is 284 g/mol. The van der Waals surface area contributed by atoms with Gasteiger partial charge in [0.1, 0.15) is 0 Å². The van der Waals surface area contributed by atoms with Gasteiger partial charge in [0.15, 0.2) is 0 Å². The number of carbonyl (C=O) groups is 1. The number of nitrogens with zero attached hydrogens (tertiary/aromatic N) is 1. The number of benzene rings is 1. The van der Waals surface area contributed by atoms with E-state index in [9.17, 15) is 9.90 Å². The average Bonchev–Trinajstić information content (AvgIpc) is 2.35. The summed E-state index contributed by atoms with van der Waals surface area (Å²) in [5.74, 6) is 0.396. The van der Waals surface area contributed by atoms with E-state index in [4.69, 9.17) is 11.6 Å². The molecule has 5 heteroatoms. The lowest BCUT2D eigenvalue weighted by Gasteiger charge is -2.22. The lowest BCUT2D eigenvalue weighted by molar-refractivity contribution is -0.119. The second-order valence-electron chi connectivity index (χ2n) is 4.99. The van der Waals surface area contributed by atoms with Gasteiger partial charge in [-0.1, -0.05) is 25.4 Å². The van der Waals surface area contributed by atoms with Crippen molar-refractivity contribution in [1.82, 2.24) is 5.32 Å². The molecule has 0 aliphatic rings. The van der Waals surface area contributed by atoms with Gasteiger partial charge < -0.3 is 15.3 Å². The SMILES string of the molecule is CC(C)CNC(=O)CN(C)c1ccc(Cl)cc1CO. The van der Waals surface area contributed by atoms with Crippen LogP contribution in [0.1, 0.15) is 19.4 Å². The van der Waals surface area contributed by atoms with Gasteiger partial charge in [-0.2, -0.15) is 0 Å². The first-order chi connectivity index (χ1) is 8.93. The Labute approximate surface area is 119 Å². The molecule has 106 valence electrons. The summed E-state index contributed by atoms with van der Waals surface area (Å²) in [7, 11) is 1.82. The molecule has 0 atom stereocenters. The molecule has 0 saturated carbocycles. The first kappa shape index (κ1) is 15.8. The zero-order valence-electron chi connectivity index (χ0n) is 11.6. The highest BCUT2D eigenvalue weighted by molar-refractivity contribution is 6.30. The molecule has 0 unspecified atom stereocenters. The van der Waals surface area contributed by atoms with Gasteiger partial charge in [0.25, 0.3) is 0 Å². The van der Waals surface area contributed by atoms with Gasteiger partial charge in [0.05, 0.1) is 13.2 Å². The molecule has 1 aromatic rings. The number of rotatable bonds is 6. The molecule has 0 heterocycles. The molecule has 0 saturated heterocycles. The summed E-state index contributed by atoms with van der Waals surface area (Å²) in [6.45, 7) is 4.91. The van der Waals surface area contributed by atoms with Gasteiger partial charge in [-0.3, -0.25) is 4.79 Å². The van der Waals surface area contributed by atoms with E-state index in [2.05, 4.69) is 5.32 Å². The predicted molar refractivity (Wildman–Crippen MR) is 78.5 cm³/mol. The molecule has 19 heavy (non-hydrogen) atoms. The number of aliphatic hydroxyl groups excluding tert-OH is 1. The molecule has 0 bridgehead atoms. The highest BCUT2D eigenvalue weighted by Crippen LogP contribution is 2.23. The summed E-state index contributed by atoms with van der Waals surface area (Å²) in [6, 6.07) is 5.27. The van der Waals surface area contributed by atoms with E-state index in [-0.39, 0.29) is 19.1 Å². The van der Waals surface area contributed by atoms with Crippen molar-refractivity contribution in [3.8, 4) is 0 Å². The minimum absolute atomic E-state index is 0.0324. The summed E-state index contributed by atoms with van der Waals surface area (Å²) in [5, 5.41) is 12.8. The number of anilines is 1. The van der Waals surface area contributed by atoms with E-state index >= 15 is 0 Å². The van der Waals surface area contributed by atoms with Crippen LogP contribution in [0.25, 0.3) is 0 Å². The summed E-state index contributed by atoms with van der Waals surface area (Å²) in [6.07, 6.45) is 0. The number of hydrogen-bond acceptors (Lipinski definition) is 3. The largest absolute Gasteiger partial charge is 0.392 e. The van der Waals surface area contributed by atoms with Gasteiger partial charge in [0, 0.05) is 29.9 Å². The van der Waals surface area contributed by atoms with Crippen LogP contribution in [-0.2, 0) is 11.4 Å². The second-order valence-corrected chi connectivity index (χ2v) is 5.42. The Morgan fingerprint density at radius 2 is 2.16 bits per heavy atom. The van der Waals surface area contributed by atoms with E-state index in [0.717, 1.165) is 5.69 Å². The summed E-state index contributed by atoms with van der Waals surface area (Å²) in [4.78, 5) is 13.6. The number of nitrogens with one attached hydrogen (secondary N) is 1. The zero-order valence-corrected chi connectivity index (χ0v) is 12.4. The fraction of sp³-hybridized carbons (Fsp3) is 0.500. The number of amides is 1. The number of aliphatic hydroxyl groups is 1. The number of carbonyl (C=O) groups excluding carboxylic acids is 1. The summed E-state index contributed by atoms with van der Waals surface area (Å²) in [5.41, 5.74) is 1.53. The molecule has 1 aromatic carbocycles. The van der Waals surface area contributed by atoms with E-state index in [0.29, 0.717) is 23.0 Å². The molecule has 2 N–H and O–H groups in total. The quantitative estimate of drug-likeness (QED) is 0.840. The van der Waals surface area contributed by atoms with Crippen LogP contribution in [0.4, 0.5) is 5.69 Å². The topological polar surface area (TPSA) is 52.6 Å². The maximum Gasteiger partial charge on any atom is 0.239 e. The lowest BCUT2D eigenvalue weighted by Crippen LogP contribution is -2.37. The molecule has 4 nitrogen and oxygen atoms in total. The molecule has 0 aromatic heterocycles. The molecule has 0 aliphatic heterocycles. The van der Waals surface area contributed by atoms with Crippen LogP contribution in [0.3, 0.4) is 0 Å². The molecule has 1 amide bonds. The van der Waals surface area contributed by atoms with Crippen molar-refractivity contribution < 1.29 is 9.90 Å². The third kappa shape index (κ3) is 5.09. The minimum Gasteiger partial charge on any atom is -0.392 e. The number of hydrogen-bond donors (Lipinski definition) is 2. The van der Waals surface area contributed by atoms with Crippen LogP contribution < -0.4 is 10.2 Å². The highest BCUT2D eigenvalue weighted by atomic mass is 35.5. The van der Waals surface area contributed by atoms with E-state index in [1.807, 2.05) is 27.0 Å². The van der Waals surface area contributed by atoms with Crippen molar-refractivity contribution in [2.45, 2.75) is 20.5 Å². The van der Waals surface area contributed by atoms with Crippen molar-refractivity contribution in [1.29, 1.82) is 0 Å². The molecule has 1 rings (SSSR count). The Hall–Kier alpha value is -1.26. The van der Waals surface area contributed by atoms with Crippen molar-refractivity contribution in [2.75, 3.05) is 25.0 Å². The van der Waals surface area contributed by atoms with Gasteiger partial charge in [-0.05, 0) is 24.1 Å². The van der Waals surface area contributed by atoms with Crippen LogP contribution >= 0.6 is 11.6 Å². The molecule has 0 radical (unpaired) electrons. The lowest BCUT2D eigenvalue weighted by atomic mass is 10.1.